The van der Waals surface area contributed by atoms with Crippen LogP contribution in [-0.4, -0.2) is 24.1 Å². The van der Waals surface area contributed by atoms with Crippen LogP contribution in [0, 0.1) is 6.57 Å². The summed E-state index contributed by atoms with van der Waals surface area (Å²) in [7, 11) is 0. The summed E-state index contributed by atoms with van der Waals surface area (Å²) in [5.41, 5.74) is 17.0. The van der Waals surface area contributed by atoms with Gasteiger partial charge in [0.1, 0.15) is 22.3 Å². The molecule has 0 fully saturated rings. The van der Waals surface area contributed by atoms with Gasteiger partial charge in [-0.05, 0) is 119 Å². The van der Waals surface area contributed by atoms with Gasteiger partial charge in [-0.15, -0.1) is 22.7 Å². The fraction of sp³-hybridized carbons (Fsp3) is 0. The highest BCUT2D eigenvalue weighted by Gasteiger charge is 2.32. The quantitative estimate of drug-likeness (QED) is 0.142. The topological polar surface area (TPSA) is 79.2 Å². The molecule has 0 unspecified atom stereocenters. The second kappa shape index (κ2) is 21.1. The normalized spacial score (nSPS) is 12.1. The van der Waals surface area contributed by atoms with Gasteiger partial charge in [-0.25, -0.2) is 19.8 Å². The maximum atomic E-state index is 9.89. The molecule has 0 saturated carbocycles. The Bertz CT molecular complexity index is 6870. The molecule has 21 aromatic rings. The summed E-state index contributed by atoms with van der Waals surface area (Å²) in [6.07, 6.45) is 0. The molecule has 10 heteroatoms. The molecule has 98 heavy (non-hydrogen) atoms. The highest BCUT2D eigenvalue weighted by molar-refractivity contribution is 7.26. The monoisotopic (exact) mass is 1280 g/mol. The molecular weight excluding hydrogens is 1240 g/mol. The number of para-hydroxylation sites is 2. The molecule has 0 bridgehead atoms. The van der Waals surface area contributed by atoms with E-state index in [0.29, 0.717) is 34.4 Å². The standard InChI is InChI=1S/C88H48N6O2S2/c1-89-68-49-67(88-91-86(63-33-19-31-61-57-29-13-17-37-75(57)97-84(61)63)90-87(92-88)64-34-20-32-62-58-30-14-18-38-76(58)98-85(62)64)77(52-25-9-4-10-26-52)81(94-70-44-40-54(51-23-7-3-8-24-51)48-66(70)79-72(94)46-42-60-56-28-12-16-36-74(56)96-83(60)79)80(68)93-69-43-39-53(50-21-5-2-6-22-50)47-65(69)78-71(93)45-41-59-55-27-11-15-35-73(55)95-82(59)78/h2-49H. The van der Waals surface area contributed by atoms with Gasteiger partial charge in [-0.3, -0.25) is 0 Å². The van der Waals surface area contributed by atoms with Crippen molar-refractivity contribution in [2.45, 2.75) is 0 Å². The van der Waals surface area contributed by atoms with E-state index >= 15 is 0 Å². The van der Waals surface area contributed by atoms with Crippen LogP contribution in [0.25, 0.3) is 212 Å². The molecule has 21 rings (SSSR count). The predicted octanol–water partition coefficient (Wildman–Crippen LogP) is 25.2. The Morgan fingerprint density at radius 2 is 0.714 bits per heavy atom. The minimum atomic E-state index is 0.382. The summed E-state index contributed by atoms with van der Waals surface area (Å²) in [5, 5.41) is 12.6. The third-order valence-electron chi connectivity index (χ3n) is 19.8. The van der Waals surface area contributed by atoms with E-state index in [4.69, 9.17) is 28.6 Å². The molecule has 14 aromatic carbocycles. The first-order valence-corrected chi connectivity index (χ1v) is 34.3. The van der Waals surface area contributed by atoms with E-state index in [0.717, 1.165) is 158 Å². The molecule has 454 valence electrons. The predicted molar refractivity (Wildman–Crippen MR) is 408 cm³/mol. The Labute approximate surface area is 566 Å². The first-order chi connectivity index (χ1) is 48.6. The summed E-state index contributed by atoms with van der Waals surface area (Å²) < 4.78 is 23.5. The Hall–Kier alpha value is -12.8. The zero-order valence-corrected chi connectivity index (χ0v) is 53.7. The molecule has 0 aliphatic heterocycles. The third kappa shape index (κ3) is 8.00. The molecule has 0 spiro atoms. The van der Waals surface area contributed by atoms with Gasteiger partial charge in [0.2, 0.25) is 5.69 Å². The maximum Gasteiger partial charge on any atom is 0.213 e. The van der Waals surface area contributed by atoms with Gasteiger partial charge in [0.05, 0.1) is 50.8 Å². The molecule has 0 atom stereocenters. The van der Waals surface area contributed by atoms with Crippen molar-refractivity contribution >= 4 is 156 Å². The molecule has 7 aromatic heterocycles. The van der Waals surface area contributed by atoms with Gasteiger partial charge in [0.15, 0.2) is 17.5 Å². The third-order valence-corrected chi connectivity index (χ3v) is 22.3. The number of fused-ring (bicyclic) bond motifs is 20. The molecule has 0 aliphatic rings. The van der Waals surface area contributed by atoms with E-state index in [1.165, 1.54) is 20.2 Å². The average molecular weight is 1290 g/mol. The number of hydrogen-bond acceptors (Lipinski definition) is 7. The SMILES string of the molecule is [C-]#[N+]c1cc(-c2nc(-c3cccc4c3sc3ccccc34)nc(-c3cccc4c3sc3ccccc34)n2)c(-c2ccccc2)c(-n2c3ccc(-c4ccccc4)cc3c3c4oc5ccccc5c4ccc32)c1-n1c2ccc(-c3ccccc3)cc2c2c3oc4ccccc4c3ccc21. The fourth-order valence-electron chi connectivity index (χ4n) is 15.5. The van der Waals surface area contributed by atoms with E-state index in [9.17, 15) is 6.57 Å². The Balaban J connectivity index is 0.963. The average Bonchev–Trinajstić information content (AvgIpc) is 1.51. The Morgan fingerprint density at radius 3 is 1.20 bits per heavy atom. The van der Waals surface area contributed by atoms with Crippen molar-refractivity contribution in [3.05, 3.63) is 303 Å². The number of furan rings is 2. The van der Waals surface area contributed by atoms with Crippen molar-refractivity contribution in [1.82, 2.24) is 24.1 Å². The summed E-state index contributed by atoms with van der Waals surface area (Å²) in [4.78, 5) is 22.0. The van der Waals surface area contributed by atoms with Crippen molar-refractivity contribution in [2.75, 3.05) is 0 Å². The summed E-state index contributed by atoms with van der Waals surface area (Å²) in [5.74, 6) is 1.47. The van der Waals surface area contributed by atoms with Crippen LogP contribution >= 0.6 is 22.7 Å². The van der Waals surface area contributed by atoms with E-state index < -0.39 is 0 Å². The molecule has 8 nitrogen and oxygen atoms in total. The van der Waals surface area contributed by atoms with Crippen LogP contribution in [0.5, 0.6) is 0 Å². The second-order valence-electron chi connectivity index (χ2n) is 25.1. The second-order valence-corrected chi connectivity index (χ2v) is 27.2. The minimum absolute atomic E-state index is 0.382. The van der Waals surface area contributed by atoms with Crippen LogP contribution in [0.1, 0.15) is 0 Å². The van der Waals surface area contributed by atoms with Crippen LogP contribution in [0.15, 0.2) is 300 Å². The number of nitrogens with zero attached hydrogens (tertiary/aromatic N) is 6. The number of thiophene rings is 2. The first-order valence-electron chi connectivity index (χ1n) is 32.7. The molecule has 0 saturated heterocycles. The highest BCUT2D eigenvalue weighted by Crippen LogP contribution is 2.53. The van der Waals surface area contributed by atoms with Crippen molar-refractivity contribution in [1.29, 1.82) is 0 Å². The van der Waals surface area contributed by atoms with Gasteiger partial charge in [-0.2, -0.15) is 0 Å². The van der Waals surface area contributed by atoms with E-state index in [1.54, 1.807) is 22.7 Å². The van der Waals surface area contributed by atoms with E-state index in [-0.39, 0.29) is 0 Å². The molecule has 0 amide bonds. The van der Waals surface area contributed by atoms with Crippen molar-refractivity contribution in [3.63, 3.8) is 0 Å². The number of rotatable bonds is 8. The molecular formula is C88H48N6O2S2. The highest BCUT2D eigenvalue weighted by atomic mass is 32.1. The van der Waals surface area contributed by atoms with Gasteiger partial charge in [0.25, 0.3) is 0 Å². The van der Waals surface area contributed by atoms with Gasteiger partial charge >= 0.3 is 0 Å². The van der Waals surface area contributed by atoms with E-state index in [2.05, 4.69) is 276 Å². The summed E-state index contributed by atoms with van der Waals surface area (Å²) >= 11 is 3.49. The van der Waals surface area contributed by atoms with Gasteiger partial charge < -0.3 is 18.0 Å². The lowest BCUT2D eigenvalue weighted by atomic mass is 9.93. The smallest absolute Gasteiger partial charge is 0.213 e. The largest absolute Gasteiger partial charge is 0.455 e. The van der Waals surface area contributed by atoms with Crippen LogP contribution in [0.2, 0.25) is 0 Å². The fourth-order valence-corrected chi connectivity index (χ4v) is 17.9. The van der Waals surface area contributed by atoms with Crippen molar-refractivity contribution < 1.29 is 8.83 Å². The number of hydrogen-bond donors (Lipinski definition) is 0. The first kappa shape index (κ1) is 54.6. The summed E-state index contributed by atoms with van der Waals surface area (Å²) in [6, 6.07) is 103. The Kier molecular flexibility index (Phi) is 11.8. The van der Waals surface area contributed by atoms with Gasteiger partial charge in [-0.1, -0.05) is 200 Å². The number of aromatic nitrogens is 5. The van der Waals surface area contributed by atoms with Crippen molar-refractivity contribution in [2.24, 2.45) is 0 Å². The molecule has 7 heterocycles. The molecule has 0 N–H and O–H groups in total. The van der Waals surface area contributed by atoms with Crippen LogP contribution in [-0.2, 0) is 0 Å². The van der Waals surface area contributed by atoms with Crippen LogP contribution in [0.4, 0.5) is 5.69 Å². The lowest BCUT2D eigenvalue weighted by molar-refractivity contribution is 0.672. The lowest BCUT2D eigenvalue weighted by Gasteiger charge is -2.25. The van der Waals surface area contributed by atoms with E-state index in [1.807, 2.05) is 24.3 Å². The molecule has 0 aliphatic carbocycles. The zero-order chi connectivity index (χ0) is 64.3. The van der Waals surface area contributed by atoms with Crippen molar-refractivity contribution in [3.8, 4) is 78.9 Å². The van der Waals surface area contributed by atoms with Crippen LogP contribution in [0.3, 0.4) is 0 Å². The van der Waals surface area contributed by atoms with Crippen LogP contribution < -0.4 is 0 Å². The maximum absolute atomic E-state index is 9.89. The Morgan fingerprint density at radius 1 is 0.306 bits per heavy atom. The minimum Gasteiger partial charge on any atom is -0.455 e. The summed E-state index contributed by atoms with van der Waals surface area (Å²) in [6.45, 7) is 9.89. The number of benzene rings is 14. The molecule has 0 radical (unpaired) electrons. The van der Waals surface area contributed by atoms with Gasteiger partial charge in [0, 0.05) is 94.9 Å². The lowest BCUT2D eigenvalue weighted by Crippen LogP contribution is -2.09. The zero-order valence-electron chi connectivity index (χ0n) is 52.0.